The Morgan fingerprint density at radius 1 is 1.53 bits per heavy atom. The van der Waals surface area contributed by atoms with Crippen LogP contribution in [-0.4, -0.2) is 35.9 Å². The maximum absolute atomic E-state index is 13.8. The Kier molecular flexibility index (Phi) is 3.28. The summed E-state index contributed by atoms with van der Waals surface area (Å²) in [5.74, 6) is -0.200. The number of aromatic nitrogens is 2. The van der Waals surface area contributed by atoms with Crippen molar-refractivity contribution in [1.82, 2.24) is 9.97 Å². The third kappa shape index (κ3) is 2.71. The third-order valence-corrected chi connectivity index (χ3v) is 4.54. The fourth-order valence-corrected chi connectivity index (χ4v) is 3.53. The summed E-state index contributed by atoms with van der Waals surface area (Å²) in [7, 11) is -2.97. The van der Waals surface area contributed by atoms with Crippen molar-refractivity contribution < 1.29 is 12.8 Å². The van der Waals surface area contributed by atoms with Gasteiger partial charge in [0.25, 0.3) is 0 Å². The first-order valence-electron chi connectivity index (χ1n) is 5.48. The second-order valence-electron chi connectivity index (χ2n) is 4.08. The van der Waals surface area contributed by atoms with Gasteiger partial charge in [0.05, 0.1) is 17.2 Å². The highest BCUT2D eigenvalue weighted by atomic mass is 32.2. The SMILES string of the molecule is CCc1ncnc(NC2CCS(=O)(=O)C2)c1F. The standard InChI is InChI=1S/C10H14FN3O2S/c1-2-8-9(11)10(13-6-12-8)14-7-3-4-17(15,16)5-7/h6-7H,2-5H2,1H3,(H,12,13,14). The molecule has 1 unspecified atom stereocenters. The van der Waals surface area contributed by atoms with Crippen molar-refractivity contribution >= 4 is 15.7 Å². The molecule has 1 aliphatic rings. The molecular weight excluding hydrogens is 245 g/mol. The Morgan fingerprint density at radius 3 is 2.88 bits per heavy atom. The molecule has 0 aliphatic carbocycles. The monoisotopic (exact) mass is 259 g/mol. The van der Waals surface area contributed by atoms with Crippen LogP contribution in [0.3, 0.4) is 0 Å². The topological polar surface area (TPSA) is 72.0 Å². The molecule has 2 rings (SSSR count). The van der Waals surface area contributed by atoms with Gasteiger partial charge in [-0.1, -0.05) is 6.92 Å². The van der Waals surface area contributed by atoms with Crippen LogP contribution in [0.2, 0.25) is 0 Å². The number of anilines is 1. The molecule has 0 aromatic carbocycles. The highest BCUT2D eigenvalue weighted by Crippen LogP contribution is 2.19. The van der Waals surface area contributed by atoms with Gasteiger partial charge in [-0.25, -0.2) is 22.8 Å². The van der Waals surface area contributed by atoms with Crippen molar-refractivity contribution in [2.45, 2.75) is 25.8 Å². The second kappa shape index (κ2) is 4.56. The Bertz CT molecular complexity index is 518. The van der Waals surface area contributed by atoms with E-state index in [4.69, 9.17) is 0 Å². The Balaban J connectivity index is 2.15. The van der Waals surface area contributed by atoms with E-state index in [0.29, 0.717) is 18.5 Å². The first-order valence-corrected chi connectivity index (χ1v) is 7.30. The summed E-state index contributed by atoms with van der Waals surface area (Å²) in [5.41, 5.74) is 0.336. The van der Waals surface area contributed by atoms with Gasteiger partial charge in [0.2, 0.25) is 0 Å². The lowest BCUT2D eigenvalue weighted by molar-refractivity contribution is 0.592. The van der Waals surface area contributed by atoms with Crippen molar-refractivity contribution in [3.8, 4) is 0 Å². The number of halogens is 1. The lowest BCUT2D eigenvalue weighted by Gasteiger charge is -2.12. The first kappa shape index (κ1) is 12.2. The van der Waals surface area contributed by atoms with Crippen molar-refractivity contribution in [1.29, 1.82) is 0 Å². The number of nitrogens with zero attached hydrogens (tertiary/aromatic N) is 2. The van der Waals surface area contributed by atoms with Crippen molar-refractivity contribution in [2.75, 3.05) is 16.8 Å². The lowest BCUT2D eigenvalue weighted by Crippen LogP contribution is -2.22. The van der Waals surface area contributed by atoms with Gasteiger partial charge in [-0.2, -0.15) is 0 Å². The average molecular weight is 259 g/mol. The molecule has 0 amide bonds. The molecule has 1 aliphatic heterocycles. The lowest BCUT2D eigenvalue weighted by atomic mass is 10.2. The van der Waals surface area contributed by atoms with Gasteiger partial charge in [0.1, 0.15) is 6.33 Å². The molecule has 1 N–H and O–H groups in total. The van der Waals surface area contributed by atoms with Gasteiger partial charge < -0.3 is 5.32 Å². The minimum atomic E-state index is -2.97. The van der Waals surface area contributed by atoms with Gasteiger partial charge in [0.15, 0.2) is 21.5 Å². The number of rotatable bonds is 3. The molecule has 0 radical (unpaired) electrons. The first-order chi connectivity index (χ1) is 8.02. The van der Waals surface area contributed by atoms with E-state index in [0.717, 1.165) is 0 Å². The zero-order valence-corrected chi connectivity index (χ0v) is 10.3. The molecule has 1 atom stereocenters. The molecule has 1 aromatic heterocycles. The summed E-state index contributed by atoms with van der Waals surface area (Å²) in [6.07, 6.45) is 2.26. The summed E-state index contributed by atoms with van der Waals surface area (Å²) in [6, 6.07) is -0.255. The van der Waals surface area contributed by atoms with E-state index in [9.17, 15) is 12.8 Å². The zero-order chi connectivity index (χ0) is 12.5. The molecule has 1 fully saturated rings. The van der Waals surface area contributed by atoms with Crippen LogP contribution in [0.4, 0.5) is 10.2 Å². The molecule has 1 saturated heterocycles. The molecule has 94 valence electrons. The maximum Gasteiger partial charge on any atom is 0.186 e. The molecule has 0 bridgehead atoms. The van der Waals surface area contributed by atoms with Crippen LogP contribution >= 0.6 is 0 Å². The van der Waals surface area contributed by atoms with E-state index >= 15 is 0 Å². The van der Waals surface area contributed by atoms with Crippen molar-refractivity contribution in [2.24, 2.45) is 0 Å². The molecule has 7 heteroatoms. The van der Waals surface area contributed by atoms with Crippen LogP contribution < -0.4 is 5.32 Å². The van der Waals surface area contributed by atoms with Crippen molar-refractivity contribution in [3.05, 3.63) is 17.8 Å². The number of hydrogen-bond acceptors (Lipinski definition) is 5. The van der Waals surface area contributed by atoms with Crippen molar-refractivity contribution in [3.63, 3.8) is 0 Å². The largest absolute Gasteiger partial charge is 0.364 e. The maximum atomic E-state index is 13.8. The molecule has 0 spiro atoms. The minimum absolute atomic E-state index is 0.0396. The Labute approximate surface area is 99.4 Å². The second-order valence-corrected chi connectivity index (χ2v) is 6.31. The van der Waals surface area contributed by atoms with Gasteiger partial charge >= 0.3 is 0 Å². The normalized spacial score (nSPS) is 22.6. The van der Waals surface area contributed by atoms with E-state index < -0.39 is 15.7 Å². The predicted molar refractivity (Wildman–Crippen MR) is 62.0 cm³/mol. The molecule has 0 saturated carbocycles. The molecule has 1 aromatic rings. The summed E-state index contributed by atoms with van der Waals surface area (Å²) < 4.78 is 36.3. The zero-order valence-electron chi connectivity index (χ0n) is 9.48. The summed E-state index contributed by atoms with van der Waals surface area (Å²) in [5, 5.41) is 2.83. The molecule has 17 heavy (non-hydrogen) atoms. The van der Waals surface area contributed by atoms with Crippen LogP contribution in [-0.2, 0) is 16.3 Å². The Morgan fingerprint density at radius 2 is 2.29 bits per heavy atom. The highest BCUT2D eigenvalue weighted by molar-refractivity contribution is 7.91. The van der Waals surface area contributed by atoms with E-state index in [-0.39, 0.29) is 23.4 Å². The fourth-order valence-electron chi connectivity index (χ4n) is 1.86. The summed E-state index contributed by atoms with van der Waals surface area (Å²) in [6.45, 7) is 1.80. The Hall–Kier alpha value is -1.24. The number of aryl methyl sites for hydroxylation is 1. The molecule has 2 heterocycles. The van der Waals surface area contributed by atoms with E-state index in [2.05, 4.69) is 15.3 Å². The van der Waals surface area contributed by atoms with E-state index in [1.807, 2.05) is 0 Å². The fraction of sp³-hybridized carbons (Fsp3) is 0.600. The van der Waals surface area contributed by atoms with Crippen LogP contribution in [0.25, 0.3) is 0 Å². The average Bonchev–Trinajstić information content (AvgIpc) is 2.61. The van der Waals surface area contributed by atoms with Gasteiger partial charge in [-0.05, 0) is 12.8 Å². The van der Waals surface area contributed by atoms with Gasteiger partial charge in [-0.15, -0.1) is 0 Å². The van der Waals surface area contributed by atoms with E-state index in [1.165, 1.54) is 6.33 Å². The van der Waals surface area contributed by atoms with Gasteiger partial charge in [0, 0.05) is 6.04 Å². The number of nitrogens with one attached hydrogen (secondary N) is 1. The smallest absolute Gasteiger partial charge is 0.186 e. The van der Waals surface area contributed by atoms with E-state index in [1.54, 1.807) is 6.92 Å². The van der Waals surface area contributed by atoms with Crippen LogP contribution in [0.5, 0.6) is 0 Å². The molecular formula is C10H14FN3O2S. The highest BCUT2D eigenvalue weighted by Gasteiger charge is 2.28. The van der Waals surface area contributed by atoms with Gasteiger partial charge in [-0.3, -0.25) is 0 Å². The quantitative estimate of drug-likeness (QED) is 0.868. The third-order valence-electron chi connectivity index (χ3n) is 2.77. The number of sulfone groups is 1. The van der Waals surface area contributed by atoms with Crippen LogP contribution in [0.15, 0.2) is 6.33 Å². The number of hydrogen-bond donors (Lipinski definition) is 1. The minimum Gasteiger partial charge on any atom is -0.364 e. The summed E-state index contributed by atoms with van der Waals surface area (Å²) in [4.78, 5) is 7.62. The van der Waals surface area contributed by atoms with Crippen LogP contribution in [0, 0.1) is 5.82 Å². The van der Waals surface area contributed by atoms with Crippen LogP contribution in [0.1, 0.15) is 19.0 Å². The predicted octanol–water partition coefficient (Wildman–Crippen LogP) is 0.777. The summed E-state index contributed by atoms with van der Waals surface area (Å²) >= 11 is 0. The molecule has 5 nitrogen and oxygen atoms in total.